The summed E-state index contributed by atoms with van der Waals surface area (Å²) in [7, 11) is 0. The van der Waals surface area contributed by atoms with Gasteiger partial charge in [-0.2, -0.15) is 0 Å². The quantitative estimate of drug-likeness (QED) is 0.754. The van der Waals surface area contributed by atoms with Crippen molar-refractivity contribution in [2.45, 2.75) is 40.0 Å². The molecule has 3 nitrogen and oxygen atoms in total. The van der Waals surface area contributed by atoms with E-state index in [1.54, 1.807) is 22.7 Å². The molecule has 0 radical (unpaired) electrons. The number of rotatable bonds is 7. The fourth-order valence-electron chi connectivity index (χ4n) is 1.71. The molecule has 0 aromatic carbocycles. The van der Waals surface area contributed by atoms with Crippen LogP contribution in [0.2, 0.25) is 0 Å². The number of hydrogen-bond acceptors (Lipinski definition) is 5. The van der Waals surface area contributed by atoms with Crippen LogP contribution in [-0.2, 0) is 6.42 Å². The molecule has 2 rings (SSSR count). The van der Waals surface area contributed by atoms with Crippen LogP contribution in [0.1, 0.15) is 38.6 Å². The van der Waals surface area contributed by atoms with Crippen LogP contribution in [0.15, 0.2) is 11.6 Å². The molecular formula is C14H21N3S2. The summed E-state index contributed by atoms with van der Waals surface area (Å²) in [6, 6.07) is 0. The van der Waals surface area contributed by atoms with Gasteiger partial charge in [0, 0.05) is 24.5 Å². The highest BCUT2D eigenvalue weighted by atomic mass is 32.1. The maximum absolute atomic E-state index is 4.62. The SMILES string of the molecule is CCCCNc1nc(-c2cnc(CC(C)C)s2)cs1. The lowest BCUT2D eigenvalue weighted by Crippen LogP contribution is -1.99. The van der Waals surface area contributed by atoms with E-state index in [-0.39, 0.29) is 0 Å². The van der Waals surface area contributed by atoms with Gasteiger partial charge in [-0.1, -0.05) is 27.2 Å². The van der Waals surface area contributed by atoms with Crippen LogP contribution in [0.4, 0.5) is 5.13 Å². The van der Waals surface area contributed by atoms with E-state index in [1.807, 2.05) is 6.20 Å². The van der Waals surface area contributed by atoms with Gasteiger partial charge in [0.05, 0.1) is 15.6 Å². The molecule has 5 heteroatoms. The molecule has 2 aromatic rings. The Morgan fingerprint density at radius 1 is 1.37 bits per heavy atom. The lowest BCUT2D eigenvalue weighted by Gasteiger charge is -1.99. The van der Waals surface area contributed by atoms with Crippen molar-refractivity contribution in [1.29, 1.82) is 0 Å². The van der Waals surface area contributed by atoms with Crippen molar-refractivity contribution in [2.24, 2.45) is 5.92 Å². The van der Waals surface area contributed by atoms with Crippen LogP contribution in [0, 0.1) is 5.92 Å². The predicted octanol–water partition coefficient (Wildman–Crippen LogP) is 4.68. The van der Waals surface area contributed by atoms with Crippen molar-refractivity contribution in [3.8, 4) is 10.6 Å². The average molecular weight is 295 g/mol. The zero-order chi connectivity index (χ0) is 13.7. The number of unbranched alkanes of at least 4 members (excludes halogenated alkanes) is 1. The van der Waals surface area contributed by atoms with Gasteiger partial charge >= 0.3 is 0 Å². The van der Waals surface area contributed by atoms with Crippen molar-refractivity contribution in [2.75, 3.05) is 11.9 Å². The van der Waals surface area contributed by atoms with Crippen molar-refractivity contribution >= 4 is 27.8 Å². The van der Waals surface area contributed by atoms with Gasteiger partial charge in [-0.25, -0.2) is 9.97 Å². The van der Waals surface area contributed by atoms with E-state index < -0.39 is 0 Å². The van der Waals surface area contributed by atoms with Crippen molar-refractivity contribution in [1.82, 2.24) is 9.97 Å². The van der Waals surface area contributed by atoms with Crippen LogP contribution in [0.5, 0.6) is 0 Å². The van der Waals surface area contributed by atoms with Gasteiger partial charge in [-0.05, 0) is 12.3 Å². The Balaban J connectivity index is 1.99. The summed E-state index contributed by atoms with van der Waals surface area (Å²) in [5, 5.41) is 7.70. The van der Waals surface area contributed by atoms with Gasteiger partial charge < -0.3 is 5.32 Å². The largest absolute Gasteiger partial charge is 0.362 e. The van der Waals surface area contributed by atoms with Crippen LogP contribution in [0.25, 0.3) is 10.6 Å². The number of nitrogens with one attached hydrogen (secondary N) is 1. The van der Waals surface area contributed by atoms with E-state index in [4.69, 9.17) is 0 Å². The summed E-state index contributed by atoms with van der Waals surface area (Å²) in [4.78, 5) is 10.3. The normalized spacial score (nSPS) is 11.2. The second kappa shape index (κ2) is 7.01. The summed E-state index contributed by atoms with van der Waals surface area (Å²) < 4.78 is 0. The van der Waals surface area contributed by atoms with E-state index >= 15 is 0 Å². The number of hydrogen-bond donors (Lipinski definition) is 1. The molecule has 0 bridgehead atoms. The molecule has 104 valence electrons. The molecule has 0 aliphatic carbocycles. The van der Waals surface area contributed by atoms with Gasteiger partial charge in [0.15, 0.2) is 5.13 Å². The fourth-order valence-corrected chi connectivity index (χ4v) is 3.62. The minimum Gasteiger partial charge on any atom is -0.362 e. The minimum atomic E-state index is 0.653. The molecule has 0 aliphatic rings. The first-order valence-corrected chi connectivity index (χ1v) is 8.53. The van der Waals surface area contributed by atoms with Crippen molar-refractivity contribution in [3.63, 3.8) is 0 Å². The average Bonchev–Trinajstić information content (AvgIpc) is 2.97. The molecule has 0 amide bonds. The highest BCUT2D eigenvalue weighted by Crippen LogP contribution is 2.30. The first kappa shape index (κ1) is 14.5. The molecule has 2 heterocycles. The second-order valence-corrected chi connectivity index (χ2v) is 7.01. The molecule has 0 unspecified atom stereocenters. The second-order valence-electron chi connectivity index (χ2n) is 5.03. The number of aromatic nitrogens is 2. The Bertz CT molecular complexity index is 502. The Morgan fingerprint density at radius 2 is 2.21 bits per heavy atom. The zero-order valence-corrected chi connectivity index (χ0v) is 13.4. The lowest BCUT2D eigenvalue weighted by atomic mass is 10.1. The molecular weight excluding hydrogens is 274 g/mol. The summed E-state index contributed by atoms with van der Waals surface area (Å²) in [6.07, 6.45) is 5.40. The molecule has 19 heavy (non-hydrogen) atoms. The third-order valence-electron chi connectivity index (χ3n) is 2.70. The summed E-state index contributed by atoms with van der Waals surface area (Å²) in [5.74, 6) is 0.653. The summed E-state index contributed by atoms with van der Waals surface area (Å²) in [5.41, 5.74) is 1.05. The highest BCUT2D eigenvalue weighted by Gasteiger charge is 2.09. The van der Waals surface area contributed by atoms with E-state index in [1.165, 1.54) is 22.7 Å². The third-order valence-corrected chi connectivity index (χ3v) is 4.54. The van der Waals surface area contributed by atoms with Gasteiger partial charge in [0.1, 0.15) is 0 Å². The minimum absolute atomic E-state index is 0.653. The van der Waals surface area contributed by atoms with Crippen LogP contribution < -0.4 is 5.32 Å². The highest BCUT2D eigenvalue weighted by molar-refractivity contribution is 7.16. The lowest BCUT2D eigenvalue weighted by molar-refractivity contribution is 0.644. The van der Waals surface area contributed by atoms with E-state index in [2.05, 4.69) is 41.4 Å². The van der Waals surface area contributed by atoms with Gasteiger partial charge in [0.25, 0.3) is 0 Å². The van der Waals surface area contributed by atoms with E-state index in [0.29, 0.717) is 5.92 Å². The third kappa shape index (κ3) is 4.28. The molecule has 0 fully saturated rings. The standard InChI is InChI=1S/C14H21N3S2/c1-4-5-6-15-14-17-11(9-18-14)12-8-16-13(19-12)7-10(2)3/h8-10H,4-7H2,1-3H3,(H,15,17). The van der Waals surface area contributed by atoms with Gasteiger partial charge in [0.2, 0.25) is 0 Å². The van der Waals surface area contributed by atoms with Crippen molar-refractivity contribution in [3.05, 3.63) is 16.6 Å². The predicted molar refractivity (Wildman–Crippen MR) is 85.2 cm³/mol. The Hall–Kier alpha value is -0.940. The molecule has 0 saturated carbocycles. The number of thiazole rings is 2. The van der Waals surface area contributed by atoms with Crippen LogP contribution >= 0.6 is 22.7 Å². The first-order chi connectivity index (χ1) is 9.19. The zero-order valence-electron chi connectivity index (χ0n) is 11.8. The van der Waals surface area contributed by atoms with E-state index in [0.717, 1.165) is 23.8 Å². The molecule has 0 saturated heterocycles. The molecule has 0 atom stereocenters. The first-order valence-electron chi connectivity index (χ1n) is 6.83. The van der Waals surface area contributed by atoms with E-state index in [9.17, 15) is 0 Å². The molecule has 1 N–H and O–H groups in total. The summed E-state index contributed by atoms with van der Waals surface area (Å²) >= 11 is 3.44. The molecule has 2 aromatic heterocycles. The van der Waals surface area contributed by atoms with Crippen molar-refractivity contribution < 1.29 is 0 Å². The van der Waals surface area contributed by atoms with Crippen LogP contribution in [-0.4, -0.2) is 16.5 Å². The number of anilines is 1. The monoisotopic (exact) mass is 295 g/mol. The maximum Gasteiger partial charge on any atom is 0.183 e. The molecule has 0 aliphatic heterocycles. The van der Waals surface area contributed by atoms with Gasteiger partial charge in [-0.15, -0.1) is 22.7 Å². The number of nitrogens with zero attached hydrogens (tertiary/aromatic N) is 2. The maximum atomic E-state index is 4.62. The fraction of sp³-hybridized carbons (Fsp3) is 0.571. The Morgan fingerprint density at radius 3 is 2.95 bits per heavy atom. The Labute approximate surface area is 123 Å². The summed E-state index contributed by atoms with van der Waals surface area (Å²) in [6.45, 7) is 7.65. The van der Waals surface area contributed by atoms with Crippen LogP contribution in [0.3, 0.4) is 0 Å². The molecule has 0 spiro atoms. The topological polar surface area (TPSA) is 37.8 Å². The smallest absolute Gasteiger partial charge is 0.183 e. The van der Waals surface area contributed by atoms with Gasteiger partial charge in [-0.3, -0.25) is 0 Å². The Kier molecular flexibility index (Phi) is 5.34.